The van der Waals surface area contributed by atoms with Crippen molar-refractivity contribution in [2.75, 3.05) is 6.54 Å². The van der Waals surface area contributed by atoms with Crippen molar-refractivity contribution >= 4 is 5.91 Å². The number of hydrogen-bond acceptors (Lipinski definition) is 2. The predicted molar refractivity (Wildman–Crippen MR) is 83.0 cm³/mol. The molecule has 2 saturated carbocycles. The summed E-state index contributed by atoms with van der Waals surface area (Å²) in [6, 6.07) is 10.8. The number of piperidine rings is 1. The van der Waals surface area contributed by atoms with Crippen LogP contribution in [-0.4, -0.2) is 24.0 Å². The highest BCUT2D eigenvalue weighted by Gasteiger charge is 2.46. The normalized spacial score (nSPS) is 33.2. The Bertz CT molecular complexity index is 523. The summed E-state index contributed by atoms with van der Waals surface area (Å²) < 4.78 is 0. The summed E-state index contributed by atoms with van der Waals surface area (Å²) in [5, 5.41) is 6.99. The van der Waals surface area contributed by atoms with Gasteiger partial charge in [-0.1, -0.05) is 30.3 Å². The highest BCUT2D eigenvalue weighted by molar-refractivity contribution is 5.83. The van der Waals surface area contributed by atoms with Crippen LogP contribution in [0.1, 0.15) is 50.0 Å². The van der Waals surface area contributed by atoms with E-state index in [4.69, 9.17) is 0 Å². The average molecular weight is 284 g/mol. The molecule has 1 heterocycles. The Morgan fingerprint density at radius 3 is 2.76 bits per heavy atom. The van der Waals surface area contributed by atoms with Crippen LogP contribution in [0.2, 0.25) is 0 Å². The van der Waals surface area contributed by atoms with Crippen molar-refractivity contribution in [2.45, 2.75) is 56.0 Å². The molecule has 1 aromatic rings. The van der Waals surface area contributed by atoms with Crippen LogP contribution in [0.3, 0.4) is 0 Å². The molecule has 3 nitrogen and oxygen atoms in total. The quantitative estimate of drug-likeness (QED) is 0.895. The van der Waals surface area contributed by atoms with E-state index in [1.54, 1.807) is 0 Å². The zero-order valence-electron chi connectivity index (χ0n) is 12.5. The van der Waals surface area contributed by atoms with Crippen molar-refractivity contribution in [1.29, 1.82) is 0 Å². The van der Waals surface area contributed by atoms with E-state index in [1.807, 2.05) is 6.07 Å². The first-order valence-corrected chi connectivity index (χ1v) is 8.36. The Hall–Kier alpha value is -1.35. The van der Waals surface area contributed by atoms with Gasteiger partial charge in [0.1, 0.15) is 0 Å². The molecule has 1 amide bonds. The maximum atomic E-state index is 12.4. The van der Waals surface area contributed by atoms with Gasteiger partial charge < -0.3 is 10.6 Å². The molecule has 3 atom stereocenters. The van der Waals surface area contributed by atoms with Gasteiger partial charge in [-0.15, -0.1) is 0 Å². The van der Waals surface area contributed by atoms with Crippen molar-refractivity contribution in [3.8, 4) is 0 Å². The summed E-state index contributed by atoms with van der Waals surface area (Å²) in [7, 11) is 0. The lowest BCUT2D eigenvalue weighted by Gasteiger charge is -2.48. The van der Waals surface area contributed by atoms with Gasteiger partial charge in [-0.25, -0.2) is 0 Å². The minimum absolute atomic E-state index is 0.208. The molecule has 2 aliphatic carbocycles. The Balaban J connectivity index is 1.33. The maximum Gasteiger partial charge on any atom is 0.223 e. The molecule has 3 aliphatic rings. The lowest BCUT2D eigenvalue weighted by molar-refractivity contribution is -0.123. The lowest BCUT2D eigenvalue weighted by atomic mass is 9.70. The molecule has 3 heteroatoms. The lowest BCUT2D eigenvalue weighted by Crippen LogP contribution is -2.59. The number of benzene rings is 1. The van der Waals surface area contributed by atoms with Crippen LogP contribution in [0.25, 0.3) is 0 Å². The molecule has 3 fully saturated rings. The Labute approximate surface area is 126 Å². The molecule has 21 heavy (non-hydrogen) atoms. The summed E-state index contributed by atoms with van der Waals surface area (Å²) in [6.07, 6.45) is 7.14. The fourth-order valence-electron chi connectivity index (χ4n) is 4.13. The van der Waals surface area contributed by atoms with E-state index in [2.05, 4.69) is 34.9 Å². The molecule has 1 spiro atoms. The van der Waals surface area contributed by atoms with Gasteiger partial charge in [-0.05, 0) is 56.6 Å². The highest BCUT2D eigenvalue weighted by Crippen LogP contribution is 2.47. The van der Waals surface area contributed by atoms with Crippen LogP contribution in [-0.2, 0) is 4.79 Å². The summed E-state index contributed by atoms with van der Waals surface area (Å²) in [4.78, 5) is 12.4. The summed E-state index contributed by atoms with van der Waals surface area (Å²) in [5.41, 5.74) is 1.68. The number of rotatable bonds is 3. The maximum absolute atomic E-state index is 12.4. The van der Waals surface area contributed by atoms with Crippen LogP contribution < -0.4 is 10.6 Å². The topological polar surface area (TPSA) is 41.1 Å². The first kappa shape index (κ1) is 13.3. The fourth-order valence-corrected chi connectivity index (χ4v) is 4.13. The van der Waals surface area contributed by atoms with E-state index in [0.717, 1.165) is 25.8 Å². The van der Waals surface area contributed by atoms with Gasteiger partial charge in [-0.3, -0.25) is 4.79 Å². The zero-order valence-corrected chi connectivity index (χ0v) is 12.5. The summed E-state index contributed by atoms with van der Waals surface area (Å²) in [6.45, 7) is 1.05. The molecule has 0 aromatic heterocycles. The van der Waals surface area contributed by atoms with Crippen molar-refractivity contribution in [1.82, 2.24) is 10.6 Å². The molecule has 2 N–H and O–H groups in total. The van der Waals surface area contributed by atoms with Gasteiger partial charge in [-0.2, -0.15) is 0 Å². The van der Waals surface area contributed by atoms with Gasteiger partial charge in [0.15, 0.2) is 0 Å². The van der Waals surface area contributed by atoms with Crippen LogP contribution >= 0.6 is 0 Å². The third kappa shape index (κ3) is 2.59. The Morgan fingerprint density at radius 1 is 1.24 bits per heavy atom. The number of carbonyl (C=O) groups is 1. The first-order valence-electron chi connectivity index (χ1n) is 8.36. The molecule has 4 rings (SSSR count). The number of hydrogen-bond donors (Lipinski definition) is 2. The predicted octanol–water partition coefficient (Wildman–Crippen LogP) is 2.58. The third-order valence-electron chi connectivity index (χ3n) is 5.64. The molecule has 1 aromatic carbocycles. The van der Waals surface area contributed by atoms with E-state index in [0.29, 0.717) is 17.5 Å². The van der Waals surface area contributed by atoms with E-state index in [9.17, 15) is 4.79 Å². The van der Waals surface area contributed by atoms with Crippen molar-refractivity contribution in [3.63, 3.8) is 0 Å². The smallest absolute Gasteiger partial charge is 0.223 e. The highest BCUT2D eigenvalue weighted by atomic mass is 16.2. The van der Waals surface area contributed by atoms with Crippen LogP contribution in [0.15, 0.2) is 30.3 Å². The van der Waals surface area contributed by atoms with Gasteiger partial charge in [0.2, 0.25) is 5.91 Å². The van der Waals surface area contributed by atoms with Crippen LogP contribution in [0.5, 0.6) is 0 Å². The molecule has 1 aliphatic heterocycles. The summed E-state index contributed by atoms with van der Waals surface area (Å²) >= 11 is 0. The van der Waals surface area contributed by atoms with Gasteiger partial charge in [0.05, 0.1) is 0 Å². The number of amides is 1. The molecule has 0 radical (unpaired) electrons. The Kier molecular flexibility index (Phi) is 3.26. The van der Waals surface area contributed by atoms with Crippen molar-refractivity contribution in [3.05, 3.63) is 35.9 Å². The van der Waals surface area contributed by atoms with Gasteiger partial charge >= 0.3 is 0 Å². The fraction of sp³-hybridized carbons (Fsp3) is 0.611. The number of carbonyl (C=O) groups excluding carboxylic acids is 1. The molecule has 112 valence electrons. The second-order valence-corrected chi connectivity index (χ2v) is 7.12. The largest absolute Gasteiger partial charge is 0.353 e. The van der Waals surface area contributed by atoms with Crippen LogP contribution in [0, 0.1) is 5.92 Å². The Morgan fingerprint density at radius 2 is 2.05 bits per heavy atom. The minimum Gasteiger partial charge on any atom is -0.353 e. The van der Waals surface area contributed by atoms with Gasteiger partial charge in [0, 0.05) is 17.5 Å². The number of nitrogens with one attached hydrogen (secondary N) is 2. The second kappa shape index (κ2) is 5.13. The van der Waals surface area contributed by atoms with E-state index in [-0.39, 0.29) is 11.8 Å². The van der Waals surface area contributed by atoms with Gasteiger partial charge in [0.25, 0.3) is 0 Å². The zero-order chi connectivity index (χ0) is 14.3. The second-order valence-electron chi connectivity index (χ2n) is 7.12. The minimum atomic E-state index is 0.208. The molecule has 0 bridgehead atoms. The first-order chi connectivity index (χ1) is 10.3. The standard InChI is InChI=1S/C18H24N2O/c21-17(16-11-15(16)13-5-2-1-3-6-13)20-14-7-10-19-18(12-14)8-4-9-18/h1-3,5-6,14-16,19H,4,7-12H2,(H,20,21). The average Bonchev–Trinajstić information content (AvgIpc) is 3.27. The molecular weight excluding hydrogens is 260 g/mol. The van der Waals surface area contributed by atoms with Crippen molar-refractivity contribution < 1.29 is 4.79 Å². The molecular formula is C18H24N2O. The van der Waals surface area contributed by atoms with E-state index < -0.39 is 0 Å². The molecule has 1 saturated heterocycles. The molecule has 3 unspecified atom stereocenters. The van der Waals surface area contributed by atoms with E-state index >= 15 is 0 Å². The van der Waals surface area contributed by atoms with Crippen molar-refractivity contribution in [2.24, 2.45) is 5.92 Å². The van der Waals surface area contributed by atoms with Crippen LogP contribution in [0.4, 0.5) is 0 Å². The third-order valence-corrected chi connectivity index (χ3v) is 5.64. The van der Waals surface area contributed by atoms with E-state index in [1.165, 1.54) is 24.8 Å². The summed E-state index contributed by atoms with van der Waals surface area (Å²) in [5.74, 6) is 0.940. The SMILES string of the molecule is O=C(NC1CCNC2(CCC2)C1)C1CC1c1ccccc1. The monoisotopic (exact) mass is 284 g/mol.